The van der Waals surface area contributed by atoms with Gasteiger partial charge in [-0.1, -0.05) is 18.2 Å². The third kappa shape index (κ3) is 3.77. The monoisotopic (exact) mass is 312 g/mol. The number of aromatic nitrogens is 1. The molecule has 3 aromatic rings. The second kappa shape index (κ2) is 7.47. The molecule has 0 saturated heterocycles. The van der Waals surface area contributed by atoms with Crippen molar-refractivity contribution in [2.24, 2.45) is 0 Å². The summed E-state index contributed by atoms with van der Waals surface area (Å²) in [5, 5.41) is 4.28. The minimum absolute atomic E-state index is 0.0121. The van der Waals surface area contributed by atoms with Gasteiger partial charge in [-0.3, -0.25) is 14.6 Å². The molecule has 0 aliphatic rings. The number of benzene rings is 1. The Hall–Kier alpha value is -2.53. The Kier molecular flexibility index (Phi) is 5.38. The second-order valence-corrected chi connectivity index (χ2v) is 5.62. The lowest BCUT2D eigenvalue weighted by molar-refractivity contribution is 0.102. The molecule has 0 atom stereocenters. The number of thiophene rings is 1. The maximum absolute atomic E-state index is 10.7. The summed E-state index contributed by atoms with van der Waals surface area (Å²) in [6.07, 6.45) is 2.56. The van der Waals surface area contributed by atoms with Crippen LogP contribution in [0, 0.1) is 0 Å². The molecule has 0 aliphatic carbocycles. The number of nitrogens with one attached hydrogen (secondary N) is 1. The standard InChI is InChI=1S/C10H10N2.C7H6O2S/c1-11-9-6-2-4-8-5-3-7-12-10(8)9;1-5(9)7-3-2-6(4-8)10-7/h2-7,11H,1H3;2-4H,1H3. The number of nitrogens with zero attached hydrogens (tertiary/aromatic N) is 1. The molecule has 0 spiro atoms. The molecular weight excluding hydrogens is 296 g/mol. The van der Waals surface area contributed by atoms with E-state index in [1.807, 2.05) is 31.4 Å². The van der Waals surface area contributed by atoms with Crippen molar-refractivity contribution in [1.82, 2.24) is 4.98 Å². The largest absolute Gasteiger partial charge is 0.386 e. The predicted octanol–water partition coefficient (Wildman–Crippen LogP) is 4.04. The molecule has 0 aliphatic heterocycles. The number of ketones is 1. The first-order chi connectivity index (χ1) is 10.7. The van der Waals surface area contributed by atoms with Gasteiger partial charge in [-0.15, -0.1) is 11.3 Å². The van der Waals surface area contributed by atoms with E-state index in [0.29, 0.717) is 9.75 Å². The number of hydrogen-bond donors (Lipinski definition) is 1. The van der Waals surface area contributed by atoms with E-state index >= 15 is 0 Å². The summed E-state index contributed by atoms with van der Waals surface area (Å²) in [7, 11) is 1.91. The number of carbonyl (C=O) groups is 2. The van der Waals surface area contributed by atoms with Crippen molar-refractivity contribution in [3.63, 3.8) is 0 Å². The average molecular weight is 312 g/mol. The van der Waals surface area contributed by atoms with Gasteiger partial charge in [0.15, 0.2) is 12.1 Å². The number of pyridine rings is 1. The number of hydrogen-bond acceptors (Lipinski definition) is 5. The lowest BCUT2D eigenvalue weighted by atomic mass is 10.2. The van der Waals surface area contributed by atoms with E-state index in [2.05, 4.69) is 22.4 Å². The molecule has 0 radical (unpaired) electrons. The fourth-order valence-corrected chi connectivity index (χ4v) is 2.63. The highest BCUT2D eigenvalue weighted by Gasteiger charge is 2.01. The number of rotatable bonds is 3. The maximum Gasteiger partial charge on any atom is 0.169 e. The Morgan fingerprint density at radius 1 is 1.18 bits per heavy atom. The Bertz CT molecular complexity index is 791. The van der Waals surface area contributed by atoms with Gasteiger partial charge in [0.05, 0.1) is 21.0 Å². The Labute approximate surface area is 132 Å². The number of carbonyl (C=O) groups excluding carboxylic acids is 2. The normalized spacial score (nSPS) is 9.73. The fourth-order valence-electron chi connectivity index (χ4n) is 1.91. The molecule has 3 rings (SSSR count). The molecule has 1 aromatic carbocycles. The molecule has 5 heteroatoms. The summed E-state index contributed by atoms with van der Waals surface area (Å²) < 4.78 is 0. The highest BCUT2D eigenvalue weighted by atomic mass is 32.1. The smallest absolute Gasteiger partial charge is 0.169 e. The number of anilines is 1. The zero-order valence-electron chi connectivity index (χ0n) is 12.4. The van der Waals surface area contributed by atoms with Crippen LogP contribution in [0.1, 0.15) is 26.3 Å². The molecule has 0 amide bonds. The van der Waals surface area contributed by atoms with Crippen molar-refractivity contribution < 1.29 is 9.59 Å². The molecule has 1 N–H and O–H groups in total. The van der Waals surface area contributed by atoms with Gasteiger partial charge in [-0.05, 0) is 31.2 Å². The average Bonchev–Trinajstić information content (AvgIpc) is 3.04. The molecule has 4 nitrogen and oxygen atoms in total. The maximum atomic E-state index is 10.7. The van der Waals surface area contributed by atoms with E-state index < -0.39 is 0 Å². The number of Topliss-reactive ketones (excluding diaryl/α,β-unsaturated/α-hetero) is 1. The van der Waals surface area contributed by atoms with E-state index in [9.17, 15) is 9.59 Å². The van der Waals surface area contributed by atoms with Crippen LogP contribution in [0.5, 0.6) is 0 Å². The van der Waals surface area contributed by atoms with E-state index in [1.165, 1.54) is 23.6 Å². The van der Waals surface area contributed by atoms with Crippen LogP contribution in [-0.4, -0.2) is 24.1 Å². The number of aldehydes is 1. The van der Waals surface area contributed by atoms with Gasteiger partial charge in [0.25, 0.3) is 0 Å². The first-order valence-electron chi connectivity index (χ1n) is 6.73. The minimum Gasteiger partial charge on any atom is -0.386 e. The summed E-state index contributed by atoms with van der Waals surface area (Å²) in [6.45, 7) is 1.49. The number of fused-ring (bicyclic) bond motifs is 1. The van der Waals surface area contributed by atoms with Crippen molar-refractivity contribution >= 4 is 40.0 Å². The van der Waals surface area contributed by atoms with Crippen LogP contribution >= 0.6 is 11.3 Å². The molecule has 0 bridgehead atoms. The molecular formula is C17H16N2O2S. The molecule has 22 heavy (non-hydrogen) atoms. The predicted molar refractivity (Wildman–Crippen MR) is 91.0 cm³/mol. The van der Waals surface area contributed by atoms with Gasteiger partial charge in [-0.2, -0.15) is 0 Å². The minimum atomic E-state index is 0.0121. The van der Waals surface area contributed by atoms with Crippen molar-refractivity contribution in [1.29, 1.82) is 0 Å². The van der Waals surface area contributed by atoms with Gasteiger partial charge < -0.3 is 5.32 Å². The number of para-hydroxylation sites is 1. The van der Waals surface area contributed by atoms with Crippen LogP contribution in [0.15, 0.2) is 48.7 Å². The Morgan fingerprint density at radius 3 is 2.55 bits per heavy atom. The van der Waals surface area contributed by atoms with E-state index in [4.69, 9.17) is 0 Å². The first-order valence-corrected chi connectivity index (χ1v) is 7.55. The molecule has 112 valence electrons. The van der Waals surface area contributed by atoms with Crippen molar-refractivity contribution in [3.05, 3.63) is 58.4 Å². The highest BCUT2D eigenvalue weighted by molar-refractivity contribution is 7.15. The lowest BCUT2D eigenvalue weighted by Gasteiger charge is -2.02. The zero-order valence-corrected chi connectivity index (χ0v) is 13.2. The van der Waals surface area contributed by atoms with Gasteiger partial charge in [0.2, 0.25) is 0 Å². The lowest BCUT2D eigenvalue weighted by Crippen LogP contribution is -1.90. The van der Waals surface area contributed by atoms with Gasteiger partial charge in [0.1, 0.15) is 0 Å². The summed E-state index contributed by atoms with van der Waals surface area (Å²) in [6, 6.07) is 13.4. The van der Waals surface area contributed by atoms with Gasteiger partial charge in [-0.25, -0.2) is 0 Å². The SMILES string of the molecule is CC(=O)c1ccc(C=O)s1.CNc1cccc2cccnc12. The van der Waals surface area contributed by atoms with Crippen LogP contribution in [0.3, 0.4) is 0 Å². The molecule has 0 unspecified atom stereocenters. The third-order valence-electron chi connectivity index (χ3n) is 2.99. The summed E-state index contributed by atoms with van der Waals surface area (Å²) in [4.78, 5) is 26.3. The van der Waals surface area contributed by atoms with Crippen LogP contribution in [0.4, 0.5) is 5.69 Å². The van der Waals surface area contributed by atoms with Crippen LogP contribution in [0.2, 0.25) is 0 Å². The quantitative estimate of drug-likeness (QED) is 0.586. The fraction of sp³-hybridized carbons (Fsp3) is 0.118. The van der Waals surface area contributed by atoms with Crippen molar-refractivity contribution in [3.8, 4) is 0 Å². The summed E-state index contributed by atoms with van der Waals surface area (Å²) in [5.74, 6) is 0.0121. The molecule has 2 heterocycles. The van der Waals surface area contributed by atoms with Gasteiger partial charge >= 0.3 is 0 Å². The topological polar surface area (TPSA) is 59.1 Å². The van der Waals surface area contributed by atoms with Crippen molar-refractivity contribution in [2.45, 2.75) is 6.92 Å². The second-order valence-electron chi connectivity index (χ2n) is 4.51. The van der Waals surface area contributed by atoms with Gasteiger partial charge in [0, 0.05) is 18.6 Å². The van der Waals surface area contributed by atoms with E-state index in [0.717, 1.165) is 17.5 Å². The van der Waals surface area contributed by atoms with E-state index in [1.54, 1.807) is 12.1 Å². The molecule has 0 saturated carbocycles. The third-order valence-corrected chi connectivity index (χ3v) is 4.10. The van der Waals surface area contributed by atoms with E-state index in [-0.39, 0.29) is 5.78 Å². The summed E-state index contributed by atoms with van der Waals surface area (Å²) >= 11 is 1.22. The van der Waals surface area contributed by atoms with Crippen LogP contribution in [0.25, 0.3) is 10.9 Å². The summed E-state index contributed by atoms with van der Waals surface area (Å²) in [5.41, 5.74) is 2.11. The highest BCUT2D eigenvalue weighted by Crippen LogP contribution is 2.19. The van der Waals surface area contributed by atoms with Crippen molar-refractivity contribution in [2.75, 3.05) is 12.4 Å². The first kappa shape index (κ1) is 15.9. The van der Waals surface area contributed by atoms with Crippen LogP contribution in [-0.2, 0) is 0 Å². The zero-order chi connectivity index (χ0) is 15.9. The molecule has 2 aromatic heterocycles. The van der Waals surface area contributed by atoms with Crippen LogP contribution < -0.4 is 5.32 Å². The Morgan fingerprint density at radius 2 is 1.95 bits per heavy atom. The molecule has 0 fully saturated rings. The Balaban J connectivity index is 0.000000164.